The average molecular weight is 130 g/mol. The van der Waals surface area contributed by atoms with Crippen molar-refractivity contribution in [1.82, 2.24) is 9.78 Å². The van der Waals surface area contributed by atoms with Crippen LogP contribution in [0.1, 0.15) is 0 Å². The first-order valence-electron chi connectivity index (χ1n) is 2.47. The first kappa shape index (κ1) is 6.07. The predicted octanol–water partition coefficient (Wildman–Crippen LogP) is 0.568. The van der Waals surface area contributed by atoms with Gasteiger partial charge in [-0.3, -0.25) is 4.68 Å². The number of aromatic nitrogens is 2. The van der Waals surface area contributed by atoms with Gasteiger partial charge in [0.1, 0.15) is 0 Å². The highest BCUT2D eigenvalue weighted by Crippen LogP contribution is 2.10. The molecule has 0 bridgehead atoms. The third kappa shape index (κ3) is 1.01. The van der Waals surface area contributed by atoms with Gasteiger partial charge in [-0.05, 0) is 0 Å². The van der Waals surface area contributed by atoms with Crippen molar-refractivity contribution >= 4 is 0 Å². The normalized spacial score (nSPS) is 9.67. The molecular weight excluding hydrogens is 123 g/mol. The standard InChI is InChI=1S/C5H7FN2O/c1-8-3-4(6)5(7-8)9-2/h3H,1-2H3. The van der Waals surface area contributed by atoms with Gasteiger partial charge in [0.05, 0.1) is 13.3 Å². The molecule has 50 valence electrons. The van der Waals surface area contributed by atoms with Gasteiger partial charge in [-0.25, -0.2) is 0 Å². The van der Waals surface area contributed by atoms with Crippen LogP contribution >= 0.6 is 0 Å². The van der Waals surface area contributed by atoms with Crippen molar-refractivity contribution in [3.05, 3.63) is 12.0 Å². The van der Waals surface area contributed by atoms with E-state index in [0.29, 0.717) is 0 Å². The Bertz CT molecular complexity index is 209. The largest absolute Gasteiger partial charge is 0.478 e. The number of hydrogen-bond acceptors (Lipinski definition) is 2. The molecule has 1 aromatic heterocycles. The SMILES string of the molecule is COc1nn(C)cc1F. The Morgan fingerprint density at radius 2 is 2.44 bits per heavy atom. The van der Waals surface area contributed by atoms with Crippen molar-refractivity contribution in [1.29, 1.82) is 0 Å². The Kier molecular flexibility index (Phi) is 1.38. The summed E-state index contributed by atoms with van der Waals surface area (Å²) in [5, 5.41) is 3.65. The van der Waals surface area contributed by atoms with Gasteiger partial charge >= 0.3 is 0 Å². The Hall–Kier alpha value is -1.06. The van der Waals surface area contributed by atoms with Gasteiger partial charge in [0.15, 0.2) is 0 Å². The number of methoxy groups -OCH3 is 1. The van der Waals surface area contributed by atoms with Crippen LogP contribution in [0.25, 0.3) is 0 Å². The van der Waals surface area contributed by atoms with E-state index in [9.17, 15) is 4.39 Å². The second kappa shape index (κ2) is 2.05. The summed E-state index contributed by atoms with van der Waals surface area (Å²) in [5.74, 6) is -0.391. The molecular formula is C5H7FN2O. The maximum atomic E-state index is 12.4. The van der Waals surface area contributed by atoms with E-state index in [1.54, 1.807) is 7.05 Å². The molecule has 0 amide bonds. The third-order valence-electron chi connectivity index (χ3n) is 0.946. The van der Waals surface area contributed by atoms with Crippen LogP contribution in [0.4, 0.5) is 4.39 Å². The van der Waals surface area contributed by atoms with Gasteiger partial charge in [-0.15, -0.1) is 5.10 Å². The van der Waals surface area contributed by atoms with E-state index >= 15 is 0 Å². The second-order valence-corrected chi connectivity index (χ2v) is 1.66. The molecule has 4 heteroatoms. The second-order valence-electron chi connectivity index (χ2n) is 1.66. The predicted molar refractivity (Wildman–Crippen MR) is 29.7 cm³/mol. The summed E-state index contributed by atoms with van der Waals surface area (Å²) in [6.07, 6.45) is 1.25. The fourth-order valence-corrected chi connectivity index (χ4v) is 0.577. The summed E-state index contributed by atoms with van der Waals surface area (Å²) in [6.45, 7) is 0. The topological polar surface area (TPSA) is 27.1 Å². The van der Waals surface area contributed by atoms with Crippen molar-refractivity contribution in [3.8, 4) is 5.88 Å². The van der Waals surface area contributed by atoms with Gasteiger partial charge < -0.3 is 4.74 Å². The third-order valence-corrected chi connectivity index (χ3v) is 0.946. The molecule has 0 spiro atoms. The van der Waals surface area contributed by atoms with Gasteiger partial charge in [-0.1, -0.05) is 0 Å². The lowest BCUT2D eigenvalue weighted by molar-refractivity contribution is 0.370. The lowest BCUT2D eigenvalue weighted by atomic mass is 10.6. The van der Waals surface area contributed by atoms with E-state index < -0.39 is 5.82 Å². The highest BCUT2D eigenvalue weighted by Gasteiger charge is 2.04. The van der Waals surface area contributed by atoms with Crippen LogP contribution in [-0.4, -0.2) is 16.9 Å². The summed E-state index contributed by atoms with van der Waals surface area (Å²) in [4.78, 5) is 0. The first-order valence-corrected chi connectivity index (χ1v) is 2.47. The molecule has 0 fully saturated rings. The first-order chi connectivity index (χ1) is 4.24. The number of ether oxygens (including phenoxy) is 1. The van der Waals surface area contributed by atoms with Crippen LogP contribution in [0, 0.1) is 5.82 Å². The van der Waals surface area contributed by atoms with E-state index in [0.717, 1.165) is 0 Å². The molecule has 1 heterocycles. The summed E-state index contributed by atoms with van der Waals surface area (Å²) in [7, 11) is 3.01. The van der Waals surface area contributed by atoms with Gasteiger partial charge in [-0.2, -0.15) is 4.39 Å². The molecule has 9 heavy (non-hydrogen) atoms. The Morgan fingerprint density at radius 3 is 2.67 bits per heavy atom. The molecule has 0 saturated heterocycles. The molecule has 1 rings (SSSR count). The monoisotopic (exact) mass is 130 g/mol. The minimum absolute atomic E-state index is 0.0394. The number of rotatable bonds is 1. The van der Waals surface area contributed by atoms with Gasteiger partial charge in [0.25, 0.3) is 5.88 Å². The number of nitrogens with zero attached hydrogens (tertiary/aromatic N) is 2. The minimum Gasteiger partial charge on any atom is -0.478 e. The van der Waals surface area contributed by atoms with E-state index in [1.807, 2.05) is 0 Å². The molecule has 3 nitrogen and oxygen atoms in total. The summed E-state index contributed by atoms with van der Waals surface area (Å²) in [6, 6.07) is 0. The molecule has 0 radical (unpaired) electrons. The summed E-state index contributed by atoms with van der Waals surface area (Å²) in [5.41, 5.74) is 0. The molecule has 0 aliphatic heterocycles. The zero-order valence-electron chi connectivity index (χ0n) is 5.26. The van der Waals surface area contributed by atoms with Crippen LogP contribution in [0.5, 0.6) is 5.88 Å². The van der Waals surface area contributed by atoms with E-state index in [4.69, 9.17) is 0 Å². The van der Waals surface area contributed by atoms with Crippen molar-refractivity contribution < 1.29 is 9.13 Å². The highest BCUT2D eigenvalue weighted by atomic mass is 19.1. The van der Waals surface area contributed by atoms with Crippen molar-refractivity contribution in [2.45, 2.75) is 0 Å². The van der Waals surface area contributed by atoms with Crippen LogP contribution in [0.2, 0.25) is 0 Å². The van der Waals surface area contributed by atoms with E-state index in [2.05, 4.69) is 9.84 Å². The molecule has 0 N–H and O–H groups in total. The van der Waals surface area contributed by atoms with Crippen LogP contribution in [-0.2, 0) is 7.05 Å². The fraction of sp³-hybridized carbons (Fsp3) is 0.400. The number of hydrogen-bond donors (Lipinski definition) is 0. The average Bonchev–Trinajstić information content (AvgIpc) is 2.10. The van der Waals surface area contributed by atoms with Gasteiger partial charge in [0, 0.05) is 7.05 Å². The van der Waals surface area contributed by atoms with Crippen molar-refractivity contribution in [3.63, 3.8) is 0 Å². The fourth-order valence-electron chi connectivity index (χ4n) is 0.577. The van der Waals surface area contributed by atoms with Crippen LogP contribution in [0.15, 0.2) is 6.20 Å². The summed E-state index contributed by atoms with van der Waals surface area (Å²) < 4.78 is 18.3. The maximum Gasteiger partial charge on any atom is 0.269 e. The smallest absolute Gasteiger partial charge is 0.269 e. The van der Waals surface area contributed by atoms with Crippen molar-refractivity contribution in [2.75, 3.05) is 7.11 Å². The molecule has 0 aromatic carbocycles. The number of aryl methyl sites for hydroxylation is 1. The number of halogens is 1. The summed E-state index contributed by atoms with van der Waals surface area (Å²) >= 11 is 0. The lowest BCUT2D eigenvalue weighted by Gasteiger charge is -1.88. The zero-order chi connectivity index (χ0) is 6.85. The molecule has 0 aliphatic carbocycles. The lowest BCUT2D eigenvalue weighted by Crippen LogP contribution is -1.88. The van der Waals surface area contributed by atoms with Crippen molar-refractivity contribution in [2.24, 2.45) is 7.05 Å². The van der Waals surface area contributed by atoms with Crippen LogP contribution in [0.3, 0.4) is 0 Å². The molecule has 1 aromatic rings. The van der Waals surface area contributed by atoms with E-state index in [-0.39, 0.29) is 5.88 Å². The molecule has 0 atom stereocenters. The van der Waals surface area contributed by atoms with E-state index in [1.165, 1.54) is 18.0 Å². The van der Waals surface area contributed by atoms with Gasteiger partial charge in [0.2, 0.25) is 5.82 Å². The Labute approximate surface area is 52.0 Å². The molecule has 0 aliphatic rings. The Balaban J connectivity index is 3.01. The van der Waals surface area contributed by atoms with Crippen LogP contribution < -0.4 is 4.74 Å². The molecule has 0 saturated carbocycles. The minimum atomic E-state index is -0.431. The quantitative estimate of drug-likeness (QED) is 0.555. The maximum absolute atomic E-state index is 12.4. The Morgan fingerprint density at radius 1 is 1.78 bits per heavy atom. The molecule has 0 unspecified atom stereocenters. The highest BCUT2D eigenvalue weighted by molar-refractivity contribution is 5.08. The zero-order valence-corrected chi connectivity index (χ0v) is 5.26.